The summed E-state index contributed by atoms with van der Waals surface area (Å²) in [6.45, 7) is 2.34. The molecule has 9 nitrogen and oxygen atoms in total. The second kappa shape index (κ2) is 8.38. The van der Waals surface area contributed by atoms with Crippen LogP contribution in [0, 0.1) is 12.7 Å². The Hall–Kier alpha value is -4.25. The molecule has 0 fully saturated rings. The van der Waals surface area contributed by atoms with Crippen LogP contribution in [0.25, 0.3) is 44.6 Å². The van der Waals surface area contributed by atoms with Gasteiger partial charge in [-0.05, 0) is 37.6 Å². The van der Waals surface area contributed by atoms with E-state index >= 15 is 0 Å². The zero-order chi connectivity index (χ0) is 26.9. The predicted octanol–water partition coefficient (Wildman–Crippen LogP) is 4.27. The summed E-state index contributed by atoms with van der Waals surface area (Å²) in [5.74, 6) is 0.0496. The third kappa shape index (κ3) is 3.57. The van der Waals surface area contributed by atoms with Crippen molar-refractivity contribution in [2.45, 2.75) is 19.9 Å². The summed E-state index contributed by atoms with van der Waals surface area (Å²) in [6.07, 6.45) is 3.49. The maximum absolute atomic E-state index is 14.6. The molecule has 0 spiro atoms. The Morgan fingerprint density at radius 2 is 2.00 bits per heavy atom. The zero-order valence-electron chi connectivity index (χ0n) is 21.2. The minimum absolute atomic E-state index is 0.275. The first kappa shape index (κ1) is 24.1. The number of fused-ring (bicyclic) bond motifs is 6. The van der Waals surface area contributed by atoms with Crippen molar-refractivity contribution in [3.63, 3.8) is 0 Å². The number of carbonyl (C=O) groups is 1. The maximum atomic E-state index is 14.6. The summed E-state index contributed by atoms with van der Waals surface area (Å²) >= 11 is 0. The number of halogens is 1. The van der Waals surface area contributed by atoms with E-state index in [0.29, 0.717) is 57.6 Å². The van der Waals surface area contributed by atoms with E-state index in [-0.39, 0.29) is 17.5 Å². The van der Waals surface area contributed by atoms with Crippen molar-refractivity contribution in [1.29, 1.82) is 0 Å². The fraction of sp³-hybridized carbons (Fsp3) is 0.222. The van der Waals surface area contributed by atoms with Crippen LogP contribution in [0.2, 0.25) is 0 Å². The first-order valence-corrected chi connectivity index (χ1v) is 13.8. The second-order valence-electron chi connectivity index (χ2n) is 9.38. The van der Waals surface area contributed by atoms with E-state index in [2.05, 4.69) is 10.3 Å². The number of sulfonamides is 1. The lowest BCUT2D eigenvalue weighted by molar-refractivity contribution is 0.0963. The number of carbonyl (C=O) groups excluding carboxylic acids is 1. The van der Waals surface area contributed by atoms with Crippen LogP contribution < -0.4 is 9.62 Å². The molecular weight excluding hydrogens is 509 g/mol. The van der Waals surface area contributed by atoms with Gasteiger partial charge in [0, 0.05) is 54.8 Å². The van der Waals surface area contributed by atoms with Crippen LogP contribution >= 0.6 is 0 Å². The van der Waals surface area contributed by atoms with E-state index in [1.165, 1.54) is 20.2 Å². The quantitative estimate of drug-likeness (QED) is 0.370. The minimum Gasteiger partial charge on any atom is -0.460 e. The van der Waals surface area contributed by atoms with Gasteiger partial charge in [0.2, 0.25) is 10.0 Å². The number of aromatic nitrogens is 3. The lowest BCUT2D eigenvalue weighted by Crippen LogP contribution is -2.25. The van der Waals surface area contributed by atoms with E-state index in [1.54, 1.807) is 37.4 Å². The van der Waals surface area contributed by atoms with Crippen molar-refractivity contribution in [2.75, 3.05) is 24.7 Å². The van der Waals surface area contributed by atoms with Gasteiger partial charge in [0.15, 0.2) is 5.82 Å². The maximum Gasteiger partial charge on any atom is 0.255 e. The summed E-state index contributed by atoms with van der Waals surface area (Å²) in [5, 5.41) is 3.65. The molecule has 1 amide bonds. The van der Waals surface area contributed by atoms with Crippen LogP contribution in [0.4, 0.5) is 10.1 Å². The number of anilines is 1. The van der Waals surface area contributed by atoms with Crippen molar-refractivity contribution in [3.8, 4) is 22.8 Å². The Kier molecular flexibility index (Phi) is 5.32. The molecule has 1 aliphatic heterocycles. The molecule has 0 saturated carbocycles. The molecule has 0 saturated heterocycles. The molecule has 3 aromatic heterocycles. The van der Waals surface area contributed by atoms with E-state index in [4.69, 9.17) is 9.40 Å². The van der Waals surface area contributed by atoms with Crippen LogP contribution in [-0.4, -0.2) is 49.2 Å². The van der Waals surface area contributed by atoms with Gasteiger partial charge in [0.25, 0.3) is 5.91 Å². The number of benzene rings is 2. The van der Waals surface area contributed by atoms with Gasteiger partial charge in [-0.25, -0.2) is 22.8 Å². The number of rotatable bonds is 4. The molecule has 1 N–H and O–H groups in total. The molecule has 0 bridgehead atoms. The van der Waals surface area contributed by atoms with Crippen LogP contribution in [0.15, 0.2) is 47.0 Å². The highest BCUT2D eigenvalue weighted by molar-refractivity contribution is 7.92. The normalized spacial score (nSPS) is 13.0. The van der Waals surface area contributed by atoms with Crippen molar-refractivity contribution in [3.05, 3.63) is 65.3 Å². The molecule has 0 aliphatic carbocycles. The van der Waals surface area contributed by atoms with Crippen molar-refractivity contribution < 1.29 is 22.0 Å². The molecule has 4 heterocycles. The first-order valence-electron chi connectivity index (χ1n) is 12.0. The van der Waals surface area contributed by atoms with Crippen LogP contribution in [-0.2, 0) is 23.0 Å². The van der Waals surface area contributed by atoms with Gasteiger partial charge in [0.1, 0.15) is 17.2 Å². The first-order chi connectivity index (χ1) is 18.1. The number of hydrogen-bond acceptors (Lipinski definition) is 6. The summed E-state index contributed by atoms with van der Waals surface area (Å²) in [7, 11) is -0.688. The average molecular weight is 534 g/mol. The van der Waals surface area contributed by atoms with E-state index in [0.717, 1.165) is 27.3 Å². The van der Waals surface area contributed by atoms with Gasteiger partial charge >= 0.3 is 0 Å². The minimum atomic E-state index is -3.66. The number of nitrogens with zero attached hydrogens (tertiary/aromatic N) is 4. The predicted molar refractivity (Wildman–Crippen MR) is 143 cm³/mol. The van der Waals surface area contributed by atoms with E-state index < -0.39 is 10.0 Å². The van der Waals surface area contributed by atoms with Crippen LogP contribution in [0.3, 0.4) is 0 Å². The Labute approximate surface area is 218 Å². The number of aryl methyl sites for hydroxylation is 3. The molecule has 0 radical (unpaired) electrons. The highest BCUT2D eigenvalue weighted by Gasteiger charge is 2.27. The molecule has 38 heavy (non-hydrogen) atoms. The van der Waals surface area contributed by atoms with Gasteiger partial charge in [-0.3, -0.25) is 9.10 Å². The van der Waals surface area contributed by atoms with Crippen molar-refractivity contribution in [1.82, 2.24) is 19.9 Å². The Morgan fingerprint density at radius 3 is 2.74 bits per heavy atom. The lowest BCUT2D eigenvalue weighted by Gasteiger charge is -2.22. The molecule has 0 unspecified atom stereocenters. The molecule has 11 heteroatoms. The number of nitrogens with one attached hydrogen (secondary N) is 1. The van der Waals surface area contributed by atoms with Gasteiger partial charge in [0.05, 0.1) is 34.4 Å². The molecule has 1 aliphatic rings. The van der Waals surface area contributed by atoms with Gasteiger partial charge in [-0.1, -0.05) is 6.07 Å². The highest BCUT2D eigenvalue weighted by Crippen LogP contribution is 2.40. The van der Waals surface area contributed by atoms with Crippen LogP contribution in [0.5, 0.6) is 0 Å². The topological polar surface area (TPSA) is 110 Å². The SMILES string of the molecule is CNC(=O)c1c(C)oc2cc(N(C)S(C)(=O)=O)c(-c3ncc4c(n3)-c3cc5c(F)cccc5n3CC4)cc12. The molecular formula is C27H24FN5O4S. The molecule has 6 rings (SSSR count). The Bertz CT molecular complexity index is 1910. The Morgan fingerprint density at radius 1 is 1.21 bits per heavy atom. The van der Waals surface area contributed by atoms with E-state index in [1.807, 2.05) is 10.6 Å². The number of amides is 1. The standard InChI is InChI=1S/C27H24FN5O4S/c1-14-24(27(34)29-2)18-10-17(21(12-23(18)37-14)32(3)38(4,35)36)26-30-13-15-8-9-33-20-7-5-6-19(28)16(20)11-22(33)25(15)31-26/h5-7,10-13H,8-9H2,1-4H3,(H,29,34). The number of furan rings is 1. The third-order valence-corrected chi connectivity index (χ3v) is 8.31. The molecule has 194 valence electrons. The van der Waals surface area contributed by atoms with Gasteiger partial charge in [-0.15, -0.1) is 0 Å². The Balaban J connectivity index is 1.62. The van der Waals surface area contributed by atoms with Gasteiger partial charge in [-0.2, -0.15) is 0 Å². The summed E-state index contributed by atoms with van der Waals surface area (Å²) < 4.78 is 48.7. The summed E-state index contributed by atoms with van der Waals surface area (Å²) in [4.78, 5) is 22.1. The van der Waals surface area contributed by atoms with Gasteiger partial charge < -0.3 is 14.3 Å². The average Bonchev–Trinajstić information content (AvgIpc) is 3.44. The summed E-state index contributed by atoms with van der Waals surface area (Å²) in [6, 6.07) is 10.1. The van der Waals surface area contributed by atoms with Crippen molar-refractivity contribution in [2.24, 2.45) is 0 Å². The van der Waals surface area contributed by atoms with Crippen molar-refractivity contribution >= 4 is 43.5 Å². The fourth-order valence-corrected chi connectivity index (χ4v) is 5.65. The smallest absolute Gasteiger partial charge is 0.255 e. The third-order valence-electron chi connectivity index (χ3n) is 7.12. The molecule has 0 atom stereocenters. The highest BCUT2D eigenvalue weighted by atomic mass is 32.2. The second-order valence-corrected chi connectivity index (χ2v) is 11.4. The monoisotopic (exact) mass is 533 g/mol. The zero-order valence-corrected chi connectivity index (χ0v) is 22.0. The molecule has 2 aromatic carbocycles. The largest absolute Gasteiger partial charge is 0.460 e. The lowest BCUT2D eigenvalue weighted by atomic mass is 10.0. The number of hydrogen-bond donors (Lipinski definition) is 1. The fourth-order valence-electron chi connectivity index (χ4n) is 5.14. The molecule has 5 aromatic rings. The van der Waals surface area contributed by atoms with E-state index in [9.17, 15) is 17.6 Å². The van der Waals surface area contributed by atoms with Crippen LogP contribution in [0.1, 0.15) is 21.7 Å². The summed E-state index contributed by atoms with van der Waals surface area (Å²) in [5.41, 5.74) is 4.55.